The Hall–Kier alpha value is -0.0800. The molecule has 1 rings (SSSR count). The van der Waals surface area contributed by atoms with Gasteiger partial charge in [-0.15, -0.1) is 0 Å². The second-order valence-electron chi connectivity index (χ2n) is 7.44. The Morgan fingerprint density at radius 2 is 1.71 bits per heavy atom. The van der Waals surface area contributed by atoms with E-state index in [0.29, 0.717) is 11.6 Å². The van der Waals surface area contributed by atoms with Crippen LogP contribution in [0, 0.1) is 5.92 Å². The SMILES string of the molecule is CCCCC(CCC)N1CC(CC)(CC)NCC1C(C)C. The molecule has 0 spiro atoms. The molecule has 1 saturated heterocycles. The maximum atomic E-state index is 3.90. The molecule has 0 aromatic carbocycles. The van der Waals surface area contributed by atoms with Crippen LogP contribution in [-0.4, -0.2) is 35.6 Å². The summed E-state index contributed by atoms with van der Waals surface area (Å²) < 4.78 is 0. The number of hydrogen-bond donors (Lipinski definition) is 1. The molecule has 0 bridgehead atoms. The highest BCUT2D eigenvalue weighted by molar-refractivity contribution is 4.99. The van der Waals surface area contributed by atoms with Crippen molar-refractivity contribution in [2.45, 2.75) is 104 Å². The predicted octanol–water partition coefficient (Wildman–Crippen LogP) is 4.83. The lowest BCUT2D eigenvalue weighted by Gasteiger charge is -2.52. The molecule has 2 atom stereocenters. The molecule has 1 heterocycles. The molecule has 1 aliphatic heterocycles. The number of piperazine rings is 1. The molecule has 0 aromatic rings. The van der Waals surface area contributed by atoms with Crippen LogP contribution in [0.15, 0.2) is 0 Å². The standard InChI is InChI=1S/C19H40N2/c1-7-11-13-17(12-8-2)21-15-19(9-3,10-4)20-14-18(21)16(5)6/h16-18,20H,7-15H2,1-6H3. The van der Waals surface area contributed by atoms with E-state index in [-0.39, 0.29) is 0 Å². The van der Waals surface area contributed by atoms with Crippen molar-refractivity contribution >= 4 is 0 Å². The Labute approximate surface area is 134 Å². The third kappa shape index (κ3) is 4.96. The maximum Gasteiger partial charge on any atom is 0.0304 e. The van der Waals surface area contributed by atoms with Gasteiger partial charge in [0.15, 0.2) is 0 Å². The highest BCUT2D eigenvalue weighted by Crippen LogP contribution is 2.30. The first-order chi connectivity index (χ1) is 10.0. The van der Waals surface area contributed by atoms with Crippen molar-refractivity contribution < 1.29 is 0 Å². The molecule has 126 valence electrons. The van der Waals surface area contributed by atoms with Crippen molar-refractivity contribution in [3.8, 4) is 0 Å². The molecule has 0 aromatic heterocycles. The summed E-state index contributed by atoms with van der Waals surface area (Å²) >= 11 is 0. The third-order valence-electron chi connectivity index (χ3n) is 5.70. The highest BCUT2D eigenvalue weighted by atomic mass is 15.3. The largest absolute Gasteiger partial charge is 0.308 e. The molecule has 1 N–H and O–H groups in total. The van der Waals surface area contributed by atoms with Crippen LogP contribution in [-0.2, 0) is 0 Å². The van der Waals surface area contributed by atoms with E-state index in [1.165, 1.54) is 58.0 Å². The quantitative estimate of drug-likeness (QED) is 0.655. The van der Waals surface area contributed by atoms with Crippen LogP contribution in [0.5, 0.6) is 0 Å². The van der Waals surface area contributed by atoms with Crippen LogP contribution in [0.1, 0.15) is 86.5 Å². The Morgan fingerprint density at radius 3 is 2.19 bits per heavy atom. The second-order valence-corrected chi connectivity index (χ2v) is 7.44. The first kappa shape index (κ1) is 19.0. The molecule has 21 heavy (non-hydrogen) atoms. The summed E-state index contributed by atoms with van der Waals surface area (Å²) in [5.41, 5.74) is 0.351. The van der Waals surface area contributed by atoms with Crippen LogP contribution < -0.4 is 5.32 Å². The van der Waals surface area contributed by atoms with Gasteiger partial charge in [0.25, 0.3) is 0 Å². The zero-order chi connectivity index (χ0) is 15.9. The van der Waals surface area contributed by atoms with Crippen molar-refractivity contribution in [2.24, 2.45) is 5.92 Å². The van der Waals surface area contributed by atoms with Crippen molar-refractivity contribution in [1.82, 2.24) is 10.2 Å². The summed E-state index contributed by atoms with van der Waals surface area (Å²) in [6.45, 7) is 16.6. The van der Waals surface area contributed by atoms with E-state index in [1.807, 2.05) is 0 Å². The Kier molecular flexibility index (Phi) is 8.26. The first-order valence-corrected chi connectivity index (χ1v) is 9.54. The molecule has 2 heteroatoms. The monoisotopic (exact) mass is 296 g/mol. The van der Waals surface area contributed by atoms with Gasteiger partial charge in [0.05, 0.1) is 0 Å². The minimum Gasteiger partial charge on any atom is -0.308 e. The molecule has 0 radical (unpaired) electrons. The van der Waals surface area contributed by atoms with Gasteiger partial charge in [-0.25, -0.2) is 0 Å². The highest BCUT2D eigenvalue weighted by Gasteiger charge is 2.40. The fourth-order valence-electron chi connectivity index (χ4n) is 3.95. The van der Waals surface area contributed by atoms with Crippen LogP contribution in [0.3, 0.4) is 0 Å². The molecule has 2 nitrogen and oxygen atoms in total. The van der Waals surface area contributed by atoms with Crippen molar-refractivity contribution in [2.75, 3.05) is 13.1 Å². The molecule has 1 aliphatic rings. The number of hydrogen-bond acceptors (Lipinski definition) is 2. The van der Waals surface area contributed by atoms with E-state index in [4.69, 9.17) is 0 Å². The molecule has 0 saturated carbocycles. The zero-order valence-electron chi connectivity index (χ0n) is 15.5. The van der Waals surface area contributed by atoms with E-state index < -0.39 is 0 Å². The zero-order valence-corrected chi connectivity index (χ0v) is 15.5. The number of unbranched alkanes of at least 4 members (excludes halogenated alkanes) is 1. The molecule has 1 fully saturated rings. The van der Waals surface area contributed by atoms with Crippen molar-refractivity contribution in [3.63, 3.8) is 0 Å². The van der Waals surface area contributed by atoms with E-state index in [1.54, 1.807) is 0 Å². The Morgan fingerprint density at radius 1 is 1.05 bits per heavy atom. The van der Waals surface area contributed by atoms with Crippen LogP contribution >= 0.6 is 0 Å². The third-order valence-corrected chi connectivity index (χ3v) is 5.70. The van der Waals surface area contributed by atoms with E-state index in [9.17, 15) is 0 Å². The van der Waals surface area contributed by atoms with Gasteiger partial charge in [-0.1, -0.05) is 60.8 Å². The van der Waals surface area contributed by atoms with Gasteiger partial charge in [0.1, 0.15) is 0 Å². The molecule has 2 unspecified atom stereocenters. The predicted molar refractivity (Wildman–Crippen MR) is 94.9 cm³/mol. The number of nitrogens with one attached hydrogen (secondary N) is 1. The first-order valence-electron chi connectivity index (χ1n) is 9.54. The fourth-order valence-corrected chi connectivity index (χ4v) is 3.95. The van der Waals surface area contributed by atoms with Crippen molar-refractivity contribution in [3.05, 3.63) is 0 Å². The fraction of sp³-hybridized carbons (Fsp3) is 1.00. The lowest BCUT2D eigenvalue weighted by atomic mass is 9.84. The number of nitrogens with zero attached hydrogens (tertiary/aromatic N) is 1. The van der Waals surface area contributed by atoms with Gasteiger partial charge in [-0.3, -0.25) is 4.90 Å². The van der Waals surface area contributed by atoms with Gasteiger partial charge < -0.3 is 5.32 Å². The van der Waals surface area contributed by atoms with Gasteiger partial charge in [0.2, 0.25) is 0 Å². The lowest BCUT2D eigenvalue weighted by Crippen LogP contribution is -2.66. The van der Waals surface area contributed by atoms with Gasteiger partial charge in [-0.2, -0.15) is 0 Å². The van der Waals surface area contributed by atoms with E-state index in [2.05, 4.69) is 51.8 Å². The lowest BCUT2D eigenvalue weighted by molar-refractivity contribution is 0.0101. The van der Waals surface area contributed by atoms with Crippen LogP contribution in [0.4, 0.5) is 0 Å². The Bertz CT molecular complexity index is 271. The minimum absolute atomic E-state index is 0.351. The van der Waals surface area contributed by atoms with Crippen LogP contribution in [0.25, 0.3) is 0 Å². The second kappa shape index (κ2) is 9.15. The summed E-state index contributed by atoms with van der Waals surface area (Å²) in [5, 5.41) is 3.90. The normalized spacial score (nSPS) is 24.4. The summed E-state index contributed by atoms with van der Waals surface area (Å²) in [6.07, 6.45) is 9.27. The molecule has 0 amide bonds. The van der Waals surface area contributed by atoms with E-state index >= 15 is 0 Å². The van der Waals surface area contributed by atoms with Crippen molar-refractivity contribution in [1.29, 1.82) is 0 Å². The summed E-state index contributed by atoms with van der Waals surface area (Å²) in [7, 11) is 0. The van der Waals surface area contributed by atoms with E-state index in [0.717, 1.165) is 12.0 Å². The smallest absolute Gasteiger partial charge is 0.0304 e. The van der Waals surface area contributed by atoms with Gasteiger partial charge in [-0.05, 0) is 31.6 Å². The maximum absolute atomic E-state index is 3.90. The Balaban J connectivity index is 2.90. The summed E-state index contributed by atoms with van der Waals surface area (Å²) in [5.74, 6) is 0.741. The minimum atomic E-state index is 0.351. The molecular formula is C19H40N2. The average molecular weight is 297 g/mol. The number of rotatable bonds is 9. The van der Waals surface area contributed by atoms with Gasteiger partial charge in [0, 0.05) is 30.7 Å². The van der Waals surface area contributed by atoms with Crippen LogP contribution in [0.2, 0.25) is 0 Å². The molecular weight excluding hydrogens is 256 g/mol. The molecule has 0 aliphatic carbocycles. The van der Waals surface area contributed by atoms with Gasteiger partial charge >= 0.3 is 0 Å². The topological polar surface area (TPSA) is 15.3 Å². The average Bonchev–Trinajstić information content (AvgIpc) is 2.50. The summed E-state index contributed by atoms with van der Waals surface area (Å²) in [6, 6.07) is 1.51. The summed E-state index contributed by atoms with van der Waals surface area (Å²) in [4.78, 5) is 2.90.